The van der Waals surface area contributed by atoms with Crippen molar-refractivity contribution in [1.29, 1.82) is 0 Å². The molecule has 184 valence electrons. The van der Waals surface area contributed by atoms with Crippen LogP contribution in [0.15, 0.2) is 57.5 Å². The number of rotatable bonds is 4. The number of thioether (sulfide) groups is 1. The second-order valence-electron chi connectivity index (χ2n) is 8.20. The summed E-state index contributed by atoms with van der Waals surface area (Å²) in [4.78, 5) is 30.8. The van der Waals surface area contributed by atoms with Crippen molar-refractivity contribution < 1.29 is 19.4 Å². The molecule has 0 bridgehead atoms. The van der Waals surface area contributed by atoms with Gasteiger partial charge in [-0.3, -0.25) is 14.5 Å². The molecule has 3 aliphatic heterocycles. The molecule has 0 aliphatic carbocycles. The minimum Gasteiger partial charge on any atom is -0.502 e. The fourth-order valence-electron chi connectivity index (χ4n) is 4.61. The molecule has 6 rings (SSSR count). The molecule has 3 aromatic rings. The number of carbonyl (C=O) groups is 2. The molecule has 2 aromatic carbocycles. The van der Waals surface area contributed by atoms with Crippen LogP contribution in [0.5, 0.6) is 0 Å². The summed E-state index contributed by atoms with van der Waals surface area (Å²) in [5.74, 6) is -1.77. The summed E-state index contributed by atoms with van der Waals surface area (Å²) in [7, 11) is 0. The first-order chi connectivity index (χ1) is 17.4. The number of amides is 2. The molecule has 1 fully saturated rings. The first-order valence-corrected chi connectivity index (χ1v) is 13.3. The molecule has 2 N–H and O–H groups in total. The van der Waals surface area contributed by atoms with E-state index in [0.29, 0.717) is 62.8 Å². The van der Waals surface area contributed by atoms with Gasteiger partial charge in [0.15, 0.2) is 15.6 Å². The molecule has 4 heterocycles. The Morgan fingerprint density at radius 2 is 1.86 bits per heavy atom. The molecular weight excluding hydrogens is 545 g/mol. The van der Waals surface area contributed by atoms with E-state index in [1.54, 1.807) is 42.5 Å². The van der Waals surface area contributed by atoms with Crippen LogP contribution in [-0.2, 0) is 19.9 Å². The molecule has 1 atom stereocenters. The number of carbonyl (C=O) groups excluding carboxylic acids is 2. The first-order valence-electron chi connectivity index (χ1n) is 10.9. The van der Waals surface area contributed by atoms with Crippen molar-refractivity contribution in [1.82, 2.24) is 10.2 Å². The first kappa shape index (κ1) is 23.6. The maximum atomic E-state index is 13.8. The van der Waals surface area contributed by atoms with Crippen LogP contribution >= 0.6 is 46.3 Å². The van der Waals surface area contributed by atoms with Gasteiger partial charge in [0.2, 0.25) is 5.13 Å². The maximum Gasteiger partial charge on any atom is 0.295 e. The zero-order valence-electron chi connectivity index (χ0n) is 18.4. The lowest BCUT2D eigenvalue weighted by Gasteiger charge is -2.35. The van der Waals surface area contributed by atoms with E-state index in [0.717, 1.165) is 11.8 Å². The molecule has 36 heavy (non-hydrogen) atoms. The highest BCUT2D eigenvalue weighted by molar-refractivity contribution is 8.04. The standard InChI is InChI=1S/C23H17Cl2N5O4S2/c24-12-2-1-3-14(10-12)30-19(32)17(31)18(23(30)15-5-4-13(25)11-16(15)26-20(23)33)35-22-28-27-21(36-22)29-6-8-34-9-7-29/h1-5,10-11,31H,6-9H2,(H,26,33). The second-order valence-corrected chi connectivity index (χ2v) is 11.3. The normalized spacial score (nSPS) is 21.5. The van der Waals surface area contributed by atoms with Gasteiger partial charge in [-0.15, -0.1) is 10.2 Å². The number of nitrogens with one attached hydrogen (secondary N) is 1. The van der Waals surface area contributed by atoms with Crippen LogP contribution in [0.2, 0.25) is 10.0 Å². The molecule has 3 aliphatic rings. The van der Waals surface area contributed by atoms with Crippen LogP contribution < -0.4 is 15.1 Å². The lowest BCUT2D eigenvalue weighted by molar-refractivity contribution is -0.123. The number of aliphatic hydroxyl groups is 1. The van der Waals surface area contributed by atoms with Crippen molar-refractivity contribution in [2.45, 2.75) is 9.88 Å². The van der Waals surface area contributed by atoms with Crippen LogP contribution in [0.1, 0.15) is 5.56 Å². The molecule has 1 spiro atoms. The average molecular weight is 562 g/mol. The van der Waals surface area contributed by atoms with E-state index in [1.807, 2.05) is 0 Å². The smallest absolute Gasteiger partial charge is 0.295 e. The van der Waals surface area contributed by atoms with Gasteiger partial charge >= 0.3 is 0 Å². The van der Waals surface area contributed by atoms with Gasteiger partial charge in [-0.2, -0.15) is 0 Å². The average Bonchev–Trinajstić information content (AvgIpc) is 3.51. The molecule has 1 aromatic heterocycles. The topological polar surface area (TPSA) is 108 Å². The third-order valence-electron chi connectivity index (χ3n) is 6.17. The quantitative estimate of drug-likeness (QED) is 0.481. The Kier molecular flexibility index (Phi) is 5.84. The third-order valence-corrected chi connectivity index (χ3v) is 8.86. The van der Waals surface area contributed by atoms with E-state index in [2.05, 4.69) is 20.4 Å². The van der Waals surface area contributed by atoms with Gasteiger partial charge in [-0.1, -0.05) is 58.4 Å². The maximum absolute atomic E-state index is 13.8. The summed E-state index contributed by atoms with van der Waals surface area (Å²) >= 11 is 14.8. The SMILES string of the molecule is O=C1C(O)=C(Sc2nnc(N3CCOCC3)s2)C2(C(=O)Nc3cc(Cl)ccc32)N1c1cccc(Cl)c1. The number of halogens is 2. The number of fused-ring (bicyclic) bond motifs is 2. The number of nitrogens with zero attached hydrogens (tertiary/aromatic N) is 4. The summed E-state index contributed by atoms with van der Waals surface area (Å²) in [6, 6.07) is 11.5. The summed E-state index contributed by atoms with van der Waals surface area (Å²) in [6.07, 6.45) is 0. The number of benzene rings is 2. The van der Waals surface area contributed by atoms with E-state index in [4.69, 9.17) is 27.9 Å². The van der Waals surface area contributed by atoms with Crippen molar-refractivity contribution >= 4 is 74.6 Å². The number of anilines is 3. The van der Waals surface area contributed by atoms with Crippen LogP contribution in [0.3, 0.4) is 0 Å². The predicted molar refractivity (Wildman–Crippen MR) is 139 cm³/mol. The van der Waals surface area contributed by atoms with Crippen LogP contribution in [0.25, 0.3) is 0 Å². The molecule has 0 radical (unpaired) electrons. The van der Waals surface area contributed by atoms with Gasteiger partial charge in [-0.25, -0.2) is 0 Å². The number of hydrogen-bond acceptors (Lipinski definition) is 9. The molecule has 1 unspecified atom stereocenters. The molecule has 0 saturated carbocycles. The number of aromatic nitrogens is 2. The molecule has 1 saturated heterocycles. The van der Waals surface area contributed by atoms with Gasteiger partial charge in [0.05, 0.1) is 18.1 Å². The predicted octanol–water partition coefficient (Wildman–Crippen LogP) is 4.44. The van der Waals surface area contributed by atoms with Crippen LogP contribution in [0.4, 0.5) is 16.5 Å². The fourth-order valence-corrected chi connectivity index (χ4v) is 7.12. The Bertz CT molecular complexity index is 1440. The van der Waals surface area contributed by atoms with E-state index in [-0.39, 0.29) is 4.91 Å². The Balaban J connectivity index is 1.49. The van der Waals surface area contributed by atoms with Crippen molar-refractivity contribution in [2.75, 3.05) is 41.4 Å². The Morgan fingerprint density at radius 1 is 1.08 bits per heavy atom. The van der Waals surface area contributed by atoms with Gasteiger partial charge < -0.3 is 20.1 Å². The number of aliphatic hydroxyl groups excluding tert-OH is 1. The van der Waals surface area contributed by atoms with E-state index in [9.17, 15) is 14.7 Å². The minimum absolute atomic E-state index is 0.135. The lowest BCUT2D eigenvalue weighted by atomic mass is 9.90. The van der Waals surface area contributed by atoms with E-state index in [1.165, 1.54) is 16.2 Å². The van der Waals surface area contributed by atoms with Crippen LogP contribution in [0, 0.1) is 0 Å². The Morgan fingerprint density at radius 3 is 2.64 bits per heavy atom. The summed E-state index contributed by atoms with van der Waals surface area (Å²) in [5, 5.41) is 24.1. The second kappa shape index (κ2) is 8.93. The summed E-state index contributed by atoms with van der Waals surface area (Å²) < 4.78 is 5.88. The Hall–Kier alpha value is -2.83. The highest BCUT2D eigenvalue weighted by Crippen LogP contribution is 2.57. The number of morpholine rings is 1. The van der Waals surface area contributed by atoms with Crippen molar-refractivity contribution in [3.8, 4) is 0 Å². The monoisotopic (exact) mass is 561 g/mol. The Labute approximate surface area is 223 Å². The van der Waals surface area contributed by atoms with Gasteiger partial charge in [0.25, 0.3) is 11.8 Å². The largest absolute Gasteiger partial charge is 0.502 e. The van der Waals surface area contributed by atoms with Gasteiger partial charge in [0.1, 0.15) is 0 Å². The summed E-state index contributed by atoms with van der Waals surface area (Å²) in [5.41, 5.74) is -0.388. The van der Waals surface area contributed by atoms with E-state index >= 15 is 0 Å². The molecule has 13 heteroatoms. The molecule has 2 amide bonds. The number of hydrogen-bond donors (Lipinski definition) is 2. The highest BCUT2D eigenvalue weighted by atomic mass is 35.5. The zero-order chi connectivity index (χ0) is 25.0. The van der Waals surface area contributed by atoms with Crippen molar-refractivity contribution in [2.24, 2.45) is 0 Å². The third kappa shape index (κ3) is 3.57. The van der Waals surface area contributed by atoms with Crippen molar-refractivity contribution in [3.05, 3.63) is 68.7 Å². The minimum atomic E-state index is -1.68. The van der Waals surface area contributed by atoms with Gasteiger partial charge in [-0.05, 0) is 30.3 Å². The molecule has 9 nitrogen and oxygen atoms in total. The zero-order valence-corrected chi connectivity index (χ0v) is 21.5. The van der Waals surface area contributed by atoms with Crippen LogP contribution in [-0.4, -0.2) is 53.4 Å². The fraction of sp³-hybridized carbons (Fsp3) is 0.217. The highest BCUT2D eigenvalue weighted by Gasteiger charge is 2.63. The lowest BCUT2D eigenvalue weighted by Crippen LogP contribution is -2.50. The number of ether oxygens (including phenoxy) is 1. The van der Waals surface area contributed by atoms with Gasteiger partial charge in [0, 0.05) is 40.1 Å². The van der Waals surface area contributed by atoms with E-state index < -0.39 is 23.1 Å². The summed E-state index contributed by atoms with van der Waals surface area (Å²) in [6.45, 7) is 2.57. The molecular formula is C23H17Cl2N5O4S2. The van der Waals surface area contributed by atoms with Crippen molar-refractivity contribution in [3.63, 3.8) is 0 Å².